The Labute approximate surface area is 68.2 Å². The van der Waals surface area contributed by atoms with Crippen LogP contribution in [0.15, 0.2) is 12.1 Å². The largest absolute Gasteiger partial charge is 0.160 e. The molecule has 1 aromatic rings. The summed E-state index contributed by atoms with van der Waals surface area (Å²) in [6.07, 6.45) is 2.09. The first-order chi connectivity index (χ1) is 4.33. The maximum Gasteiger partial charge on any atom is 0.0931 e. The maximum absolute atomic E-state index is 5.71. The first-order valence-electron chi connectivity index (χ1n) is 2.56. The molecule has 0 aliphatic rings. The molecule has 0 amide bonds. The molecule has 0 N–H and O–H groups in total. The SMILES string of the molecule is CSCc1ccc(Cl)s1. The van der Waals surface area contributed by atoms with Gasteiger partial charge in [-0.1, -0.05) is 11.6 Å². The van der Waals surface area contributed by atoms with Gasteiger partial charge >= 0.3 is 0 Å². The third kappa shape index (κ3) is 2.20. The molecule has 0 spiro atoms. The molecule has 1 aromatic heterocycles. The molecule has 0 aromatic carbocycles. The monoisotopic (exact) mass is 178 g/mol. The lowest BCUT2D eigenvalue weighted by Crippen LogP contribution is -1.65. The van der Waals surface area contributed by atoms with Crippen LogP contribution >= 0.6 is 34.7 Å². The molecule has 0 saturated heterocycles. The topological polar surface area (TPSA) is 0 Å². The summed E-state index contributed by atoms with van der Waals surface area (Å²) in [7, 11) is 0. The standard InChI is InChI=1S/C6H7ClS2/c1-8-4-5-2-3-6(7)9-5/h2-3H,4H2,1H3. The second-order valence-corrected chi connectivity index (χ2v) is 4.30. The molecule has 0 aliphatic heterocycles. The van der Waals surface area contributed by atoms with Gasteiger partial charge in [0, 0.05) is 10.6 Å². The van der Waals surface area contributed by atoms with Gasteiger partial charge in [0.25, 0.3) is 0 Å². The van der Waals surface area contributed by atoms with Crippen molar-refractivity contribution in [3.8, 4) is 0 Å². The Kier molecular flexibility index (Phi) is 2.89. The lowest BCUT2D eigenvalue weighted by atomic mass is 10.5. The molecular weight excluding hydrogens is 172 g/mol. The van der Waals surface area contributed by atoms with E-state index in [9.17, 15) is 0 Å². The van der Waals surface area contributed by atoms with Crippen molar-refractivity contribution in [3.05, 3.63) is 21.3 Å². The second kappa shape index (κ2) is 3.49. The molecule has 0 bridgehead atoms. The van der Waals surface area contributed by atoms with Gasteiger partial charge in [-0.2, -0.15) is 11.8 Å². The Morgan fingerprint density at radius 2 is 2.44 bits per heavy atom. The Hall–Kier alpha value is 0.340. The third-order valence-electron chi connectivity index (χ3n) is 0.915. The highest BCUT2D eigenvalue weighted by molar-refractivity contribution is 7.97. The van der Waals surface area contributed by atoms with Crippen LogP contribution in [0.1, 0.15) is 4.88 Å². The summed E-state index contributed by atoms with van der Waals surface area (Å²) in [4.78, 5) is 1.35. The van der Waals surface area contributed by atoms with Crippen LogP contribution in [0.3, 0.4) is 0 Å². The summed E-state index contributed by atoms with van der Waals surface area (Å²) in [6, 6.07) is 4.02. The number of thioether (sulfide) groups is 1. The van der Waals surface area contributed by atoms with Crippen molar-refractivity contribution in [2.24, 2.45) is 0 Å². The van der Waals surface area contributed by atoms with Crippen LogP contribution in [-0.2, 0) is 5.75 Å². The van der Waals surface area contributed by atoms with Gasteiger partial charge in [-0.05, 0) is 18.4 Å². The van der Waals surface area contributed by atoms with E-state index in [-0.39, 0.29) is 0 Å². The van der Waals surface area contributed by atoms with Crippen LogP contribution in [0, 0.1) is 0 Å². The molecule has 0 saturated carbocycles. The van der Waals surface area contributed by atoms with E-state index in [1.165, 1.54) is 4.88 Å². The van der Waals surface area contributed by atoms with Crippen molar-refractivity contribution in [3.63, 3.8) is 0 Å². The van der Waals surface area contributed by atoms with Crippen molar-refractivity contribution < 1.29 is 0 Å². The summed E-state index contributed by atoms with van der Waals surface area (Å²) in [5.74, 6) is 1.08. The molecule has 0 atom stereocenters. The van der Waals surface area contributed by atoms with Crippen molar-refractivity contribution in [2.45, 2.75) is 5.75 Å². The predicted molar refractivity (Wildman–Crippen MR) is 46.5 cm³/mol. The summed E-state index contributed by atoms with van der Waals surface area (Å²) < 4.78 is 0.888. The van der Waals surface area contributed by atoms with Gasteiger partial charge in [-0.25, -0.2) is 0 Å². The molecule has 0 radical (unpaired) electrons. The minimum Gasteiger partial charge on any atom is -0.160 e. The lowest BCUT2D eigenvalue weighted by molar-refractivity contribution is 1.56. The molecule has 1 rings (SSSR count). The molecule has 0 nitrogen and oxygen atoms in total. The number of hydrogen-bond acceptors (Lipinski definition) is 2. The highest BCUT2D eigenvalue weighted by Crippen LogP contribution is 2.23. The Bertz CT molecular complexity index is 183. The Morgan fingerprint density at radius 3 is 2.89 bits per heavy atom. The van der Waals surface area contributed by atoms with Crippen LogP contribution in [-0.4, -0.2) is 6.26 Å². The highest BCUT2D eigenvalue weighted by atomic mass is 35.5. The smallest absolute Gasteiger partial charge is 0.0931 e. The van der Waals surface area contributed by atoms with Crippen molar-refractivity contribution in [1.82, 2.24) is 0 Å². The first-order valence-corrected chi connectivity index (χ1v) is 5.15. The summed E-state index contributed by atoms with van der Waals surface area (Å²) in [6.45, 7) is 0. The van der Waals surface area contributed by atoms with Crippen LogP contribution in [0.25, 0.3) is 0 Å². The van der Waals surface area contributed by atoms with Gasteiger partial charge in [0.1, 0.15) is 0 Å². The molecule has 0 fully saturated rings. The number of rotatable bonds is 2. The number of thiophene rings is 1. The zero-order valence-corrected chi connectivity index (χ0v) is 7.45. The molecule has 0 aliphatic carbocycles. The van der Waals surface area contributed by atoms with Gasteiger partial charge < -0.3 is 0 Å². The normalized spacial score (nSPS) is 10.0. The van der Waals surface area contributed by atoms with Crippen LogP contribution in [0.5, 0.6) is 0 Å². The minimum absolute atomic E-state index is 0.888. The molecular formula is C6H7ClS2. The first kappa shape index (κ1) is 7.45. The lowest BCUT2D eigenvalue weighted by Gasteiger charge is -1.86. The molecule has 3 heteroatoms. The van der Waals surface area contributed by atoms with E-state index >= 15 is 0 Å². The van der Waals surface area contributed by atoms with Crippen LogP contribution in [0.4, 0.5) is 0 Å². The van der Waals surface area contributed by atoms with E-state index in [4.69, 9.17) is 11.6 Å². The van der Waals surface area contributed by atoms with Crippen LogP contribution < -0.4 is 0 Å². The predicted octanol–water partition coefficient (Wildman–Crippen LogP) is 3.26. The van der Waals surface area contributed by atoms with Gasteiger partial charge in [0.2, 0.25) is 0 Å². The Balaban J connectivity index is 2.61. The van der Waals surface area contributed by atoms with Gasteiger partial charge in [-0.15, -0.1) is 11.3 Å². The van der Waals surface area contributed by atoms with Crippen molar-refractivity contribution in [1.29, 1.82) is 0 Å². The average molecular weight is 179 g/mol. The van der Waals surface area contributed by atoms with Crippen LogP contribution in [0.2, 0.25) is 4.34 Å². The maximum atomic E-state index is 5.71. The fraction of sp³-hybridized carbons (Fsp3) is 0.333. The van der Waals surface area contributed by atoms with E-state index in [2.05, 4.69) is 12.3 Å². The number of hydrogen-bond donors (Lipinski definition) is 0. The van der Waals surface area contributed by atoms with E-state index in [0.29, 0.717) is 0 Å². The van der Waals surface area contributed by atoms with Gasteiger partial charge in [-0.3, -0.25) is 0 Å². The molecule has 50 valence electrons. The third-order valence-corrected chi connectivity index (χ3v) is 2.93. The summed E-state index contributed by atoms with van der Waals surface area (Å²) in [5, 5.41) is 0. The molecule has 1 heterocycles. The Morgan fingerprint density at radius 1 is 1.67 bits per heavy atom. The molecule has 9 heavy (non-hydrogen) atoms. The van der Waals surface area contributed by atoms with Crippen molar-refractivity contribution in [2.75, 3.05) is 6.26 Å². The van der Waals surface area contributed by atoms with Gasteiger partial charge in [0.15, 0.2) is 0 Å². The average Bonchev–Trinajstić information content (AvgIpc) is 2.17. The fourth-order valence-electron chi connectivity index (χ4n) is 0.572. The quantitative estimate of drug-likeness (QED) is 0.670. The van der Waals surface area contributed by atoms with E-state index in [1.54, 1.807) is 11.3 Å². The van der Waals surface area contributed by atoms with E-state index in [1.807, 2.05) is 17.8 Å². The van der Waals surface area contributed by atoms with Gasteiger partial charge in [0.05, 0.1) is 4.34 Å². The summed E-state index contributed by atoms with van der Waals surface area (Å²) in [5.41, 5.74) is 0. The molecule has 0 unspecified atom stereocenters. The van der Waals surface area contributed by atoms with E-state index < -0.39 is 0 Å². The minimum atomic E-state index is 0.888. The van der Waals surface area contributed by atoms with Crippen molar-refractivity contribution >= 4 is 34.7 Å². The zero-order valence-electron chi connectivity index (χ0n) is 5.06. The second-order valence-electron chi connectivity index (χ2n) is 1.64. The summed E-state index contributed by atoms with van der Waals surface area (Å²) >= 11 is 9.18. The fourth-order valence-corrected chi connectivity index (χ4v) is 2.42. The highest BCUT2D eigenvalue weighted by Gasteiger charge is 1.94. The zero-order chi connectivity index (χ0) is 6.69. The number of halogens is 1. The van der Waals surface area contributed by atoms with E-state index in [0.717, 1.165) is 10.1 Å².